The van der Waals surface area contributed by atoms with Gasteiger partial charge in [-0.25, -0.2) is 22.8 Å². The molecule has 1 saturated heterocycles. The van der Waals surface area contributed by atoms with E-state index >= 15 is 0 Å². The number of nitrogens with one attached hydrogen (secondary N) is 1. The van der Waals surface area contributed by atoms with Gasteiger partial charge in [-0.3, -0.25) is 4.79 Å². The Morgan fingerprint density at radius 1 is 1.18 bits per heavy atom. The number of amides is 1. The summed E-state index contributed by atoms with van der Waals surface area (Å²) in [6, 6.07) is 11.7. The van der Waals surface area contributed by atoms with Crippen LogP contribution in [-0.4, -0.2) is 62.6 Å². The summed E-state index contributed by atoms with van der Waals surface area (Å²) in [5.41, 5.74) is 0.125. The summed E-state index contributed by atoms with van der Waals surface area (Å²) >= 11 is 0. The van der Waals surface area contributed by atoms with Crippen LogP contribution < -0.4 is 5.32 Å². The monoisotopic (exact) mass is 529 g/mol. The van der Waals surface area contributed by atoms with Crippen molar-refractivity contribution in [3.05, 3.63) is 71.6 Å². The maximum Gasteiger partial charge on any atom is 0.251 e. The summed E-state index contributed by atoms with van der Waals surface area (Å²) in [6.45, 7) is 7.96. The molecule has 0 spiro atoms. The number of hydrogen-bond acceptors (Lipinski definition) is 5. The van der Waals surface area contributed by atoms with E-state index in [1.54, 1.807) is 4.68 Å². The molecule has 2 aromatic carbocycles. The highest BCUT2D eigenvalue weighted by Gasteiger charge is 2.42. The number of alkyl halides is 1. The fraction of sp³-hybridized carbons (Fsp3) is 0.464. The molecule has 1 fully saturated rings. The molecule has 4 rings (SSSR count). The molecule has 2 heterocycles. The van der Waals surface area contributed by atoms with Gasteiger partial charge in [-0.05, 0) is 36.1 Å². The molecule has 2 N–H and O–H groups in total. The third-order valence-corrected chi connectivity index (χ3v) is 6.75. The third-order valence-electron chi connectivity index (χ3n) is 6.75. The van der Waals surface area contributed by atoms with Gasteiger partial charge in [0.2, 0.25) is 0 Å². The maximum atomic E-state index is 14.8. The minimum absolute atomic E-state index is 0.0301. The van der Waals surface area contributed by atoms with E-state index in [1.807, 2.05) is 51.1 Å². The minimum atomic E-state index is -1.34. The lowest BCUT2D eigenvalue weighted by Gasteiger charge is -2.41. The Labute approximate surface area is 220 Å². The summed E-state index contributed by atoms with van der Waals surface area (Å²) in [6.07, 6.45) is -2.49. The lowest BCUT2D eigenvalue weighted by molar-refractivity contribution is -0.146. The van der Waals surface area contributed by atoms with E-state index in [1.165, 1.54) is 11.8 Å². The molecule has 0 aliphatic carbocycles. The van der Waals surface area contributed by atoms with Gasteiger partial charge in [0, 0.05) is 25.6 Å². The predicted octanol–water partition coefficient (Wildman–Crippen LogP) is 4.13. The van der Waals surface area contributed by atoms with Crippen LogP contribution in [-0.2, 0) is 11.3 Å². The zero-order valence-electron chi connectivity index (χ0n) is 22.0. The Morgan fingerprint density at radius 3 is 2.50 bits per heavy atom. The fourth-order valence-electron chi connectivity index (χ4n) is 4.90. The van der Waals surface area contributed by atoms with Gasteiger partial charge in [0.25, 0.3) is 5.91 Å². The number of aliphatic hydroxyl groups excluding tert-OH is 1. The van der Waals surface area contributed by atoms with Crippen LogP contribution in [0.4, 0.5) is 13.2 Å². The highest BCUT2D eigenvalue weighted by Crippen LogP contribution is 2.40. The van der Waals surface area contributed by atoms with Crippen LogP contribution in [0.2, 0.25) is 0 Å². The number of carbonyl (C=O) groups is 1. The Bertz CT molecular complexity index is 1260. The standard InChI is InChI=1S/C28H34F3N5O2/c1-17(37)27(38)35(16-19-13-32-14-23(19)31)24(28(2,3)4)26-33-25(21-12-20(29)10-11-22(21)30)34-36(26)15-18-8-6-5-7-9-18/h5-12,17,19,23-24,32,37H,13-16H2,1-4H3/t17?,19-,23+,24+/m1/s1. The van der Waals surface area contributed by atoms with Crippen molar-refractivity contribution in [3.8, 4) is 11.4 Å². The number of rotatable bonds is 8. The molecule has 0 radical (unpaired) electrons. The second-order valence-corrected chi connectivity index (χ2v) is 10.9. The molecule has 0 bridgehead atoms. The SMILES string of the molecule is CC(O)C(=O)N(C[C@H]1CNC[C@@H]1F)[C@@H](c1nc(-c2cc(F)ccc2F)nn1Cc1ccccc1)C(C)(C)C. The molecule has 4 atom stereocenters. The summed E-state index contributed by atoms with van der Waals surface area (Å²) in [7, 11) is 0. The topological polar surface area (TPSA) is 83.3 Å². The quantitative estimate of drug-likeness (QED) is 0.459. The molecular formula is C28H34F3N5O2. The molecule has 1 aliphatic heterocycles. The third kappa shape index (κ3) is 6.07. The minimum Gasteiger partial charge on any atom is -0.384 e. The van der Waals surface area contributed by atoms with Crippen LogP contribution in [0.15, 0.2) is 48.5 Å². The number of hydrogen-bond donors (Lipinski definition) is 2. The van der Waals surface area contributed by atoms with Gasteiger partial charge in [0.15, 0.2) is 11.6 Å². The Kier molecular flexibility index (Phi) is 8.22. The van der Waals surface area contributed by atoms with Crippen LogP contribution in [0.3, 0.4) is 0 Å². The fourth-order valence-corrected chi connectivity index (χ4v) is 4.90. The lowest BCUT2D eigenvalue weighted by atomic mass is 9.84. The molecule has 0 saturated carbocycles. The molecule has 1 aromatic heterocycles. The van der Waals surface area contributed by atoms with E-state index in [2.05, 4.69) is 15.4 Å². The van der Waals surface area contributed by atoms with Crippen molar-refractivity contribution in [2.24, 2.45) is 11.3 Å². The number of halogens is 3. The second kappa shape index (κ2) is 11.2. The van der Waals surface area contributed by atoms with E-state index in [0.29, 0.717) is 12.4 Å². The van der Waals surface area contributed by atoms with Crippen molar-refractivity contribution < 1.29 is 23.1 Å². The van der Waals surface area contributed by atoms with E-state index in [9.17, 15) is 23.1 Å². The predicted molar refractivity (Wildman–Crippen MR) is 138 cm³/mol. The highest BCUT2D eigenvalue weighted by molar-refractivity contribution is 5.80. The second-order valence-electron chi connectivity index (χ2n) is 10.9. The van der Waals surface area contributed by atoms with E-state index in [4.69, 9.17) is 0 Å². The molecule has 10 heteroatoms. The van der Waals surface area contributed by atoms with E-state index < -0.39 is 47.2 Å². The van der Waals surface area contributed by atoms with Gasteiger partial charge in [-0.2, -0.15) is 5.10 Å². The Morgan fingerprint density at radius 2 is 1.89 bits per heavy atom. The lowest BCUT2D eigenvalue weighted by Crippen LogP contribution is -2.49. The van der Waals surface area contributed by atoms with Crippen molar-refractivity contribution in [2.45, 2.75) is 52.6 Å². The van der Waals surface area contributed by atoms with Crippen LogP contribution in [0, 0.1) is 23.0 Å². The van der Waals surface area contributed by atoms with Crippen molar-refractivity contribution in [2.75, 3.05) is 19.6 Å². The summed E-state index contributed by atoms with van der Waals surface area (Å²) in [4.78, 5) is 19.5. The Balaban J connectivity index is 1.88. The zero-order chi connectivity index (χ0) is 27.6. The average molecular weight is 530 g/mol. The summed E-state index contributed by atoms with van der Waals surface area (Å²) in [5, 5.41) is 17.9. The number of nitrogens with zero attached hydrogens (tertiary/aromatic N) is 4. The largest absolute Gasteiger partial charge is 0.384 e. The highest BCUT2D eigenvalue weighted by atomic mass is 19.1. The maximum absolute atomic E-state index is 14.8. The molecular weight excluding hydrogens is 495 g/mol. The molecule has 7 nitrogen and oxygen atoms in total. The molecule has 3 aromatic rings. The summed E-state index contributed by atoms with van der Waals surface area (Å²) in [5.74, 6) is -2.07. The number of aliphatic hydroxyl groups is 1. The first kappa shape index (κ1) is 27.8. The molecule has 38 heavy (non-hydrogen) atoms. The molecule has 1 aliphatic rings. The van der Waals surface area contributed by atoms with Gasteiger partial charge in [-0.15, -0.1) is 0 Å². The van der Waals surface area contributed by atoms with Crippen LogP contribution in [0.5, 0.6) is 0 Å². The van der Waals surface area contributed by atoms with Gasteiger partial charge in [0.1, 0.15) is 23.9 Å². The van der Waals surface area contributed by atoms with Crippen molar-refractivity contribution >= 4 is 5.91 Å². The number of aromatic nitrogens is 3. The zero-order valence-corrected chi connectivity index (χ0v) is 22.0. The van der Waals surface area contributed by atoms with Crippen molar-refractivity contribution in [1.29, 1.82) is 0 Å². The van der Waals surface area contributed by atoms with Gasteiger partial charge < -0.3 is 15.3 Å². The molecule has 204 valence electrons. The summed E-state index contributed by atoms with van der Waals surface area (Å²) < 4.78 is 45.1. The van der Waals surface area contributed by atoms with E-state index in [-0.39, 0.29) is 31.0 Å². The number of carbonyl (C=O) groups excluding carboxylic acids is 1. The first-order valence-electron chi connectivity index (χ1n) is 12.7. The van der Waals surface area contributed by atoms with Gasteiger partial charge in [-0.1, -0.05) is 51.1 Å². The number of benzene rings is 2. The first-order chi connectivity index (χ1) is 18.0. The van der Waals surface area contributed by atoms with Gasteiger partial charge in [0.05, 0.1) is 18.2 Å². The van der Waals surface area contributed by atoms with Crippen LogP contribution in [0.1, 0.15) is 45.1 Å². The van der Waals surface area contributed by atoms with Crippen LogP contribution >= 0.6 is 0 Å². The Hall–Kier alpha value is -3.24. The van der Waals surface area contributed by atoms with Crippen molar-refractivity contribution in [3.63, 3.8) is 0 Å². The normalized spacial score (nSPS) is 19.4. The van der Waals surface area contributed by atoms with Crippen molar-refractivity contribution in [1.82, 2.24) is 25.0 Å². The van der Waals surface area contributed by atoms with Crippen LogP contribution in [0.25, 0.3) is 11.4 Å². The average Bonchev–Trinajstić information content (AvgIpc) is 3.45. The smallest absolute Gasteiger partial charge is 0.251 e. The molecule has 1 unspecified atom stereocenters. The first-order valence-corrected chi connectivity index (χ1v) is 12.7. The molecule has 1 amide bonds. The van der Waals surface area contributed by atoms with E-state index in [0.717, 1.165) is 23.8 Å². The van der Waals surface area contributed by atoms with Gasteiger partial charge >= 0.3 is 0 Å².